The Bertz CT molecular complexity index is 1340. The second-order valence-electron chi connectivity index (χ2n) is 8.78. The summed E-state index contributed by atoms with van der Waals surface area (Å²) in [7, 11) is 11.2. The van der Waals surface area contributed by atoms with E-state index >= 15 is 0 Å². The van der Waals surface area contributed by atoms with Gasteiger partial charge >= 0.3 is 23.4 Å². The molecule has 8 nitrogen and oxygen atoms in total. The van der Waals surface area contributed by atoms with Crippen LogP contribution in [-0.2, 0) is 44.1 Å². The number of benzene rings is 1. The van der Waals surface area contributed by atoms with Gasteiger partial charge in [-0.15, -0.1) is 0 Å². The number of aliphatic imine (C=N–C) groups is 2. The van der Waals surface area contributed by atoms with Crippen LogP contribution in [0.5, 0.6) is 0 Å². The van der Waals surface area contributed by atoms with Crippen molar-refractivity contribution in [2.75, 3.05) is 14.2 Å². The van der Waals surface area contributed by atoms with E-state index in [9.17, 15) is 0 Å². The molecule has 0 spiro atoms. The average Bonchev–Trinajstić information content (AvgIpc) is 3.29. The molecular weight excluding hydrogens is 452 g/mol. The Balaban J connectivity index is 1.50. The van der Waals surface area contributed by atoms with Crippen molar-refractivity contribution in [3.63, 3.8) is 0 Å². The summed E-state index contributed by atoms with van der Waals surface area (Å²) in [6.45, 7) is 0. The second-order valence-corrected chi connectivity index (χ2v) is 8.78. The zero-order valence-corrected chi connectivity index (χ0v) is 21.8. The molecule has 0 amide bonds. The normalized spacial score (nSPS) is 14.4. The summed E-state index contributed by atoms with van der Waals surface area (Å²) in [5.41, 5.74) is 4.22. The van der Waals surface area contributed by atoms with Gasteiger partial charge in [-0.1, -0.05) is 30.4 Å². The number of nitrogens with zero attached hydrogens (tertiary/aromatic N) is 6. The molecule has 0 N–H and O–H groups in total. The fourth-order valence-electron chi connectivity index (χ4n) is 4.19. The van der Waals surface area contributed by atoms with E-state index in [-0.39, 0.29) is 0 Å². The minimum atomic E-state index is 0.574. The Kier molecular flexibility index (Phi) is 7.63. The number of hydrogen-bond acceptors (Lipinski definition) is 4. The second kappa shape index (κ2) is 11.0. The van der Waals surface area contributed by atoms with Gasteiger partial charge in [0.05, 0.1) is 48.1 Å². The van der Waals surface area contributed by atoms with Crippen molar-refractivity contribution in [2.24, 2.45) is 38.2 Å². The minimum absolute atomic E-state index is 0.574. The number of aromatic nitrogens is 4. The summed E-state index contributed by atoms with van der Waals surface area (Å²) in [6.07, 6.45) is 18.0. The molecule has 1 aliphatic carbocycles. The third-order valence-electron chi connectivity index (χ3n) is 6.10. The van der Waals surface area contributed by atoms with Crippen LogP contribution in [0.4, 0.5) is 5.69 Å². The summed E-state index contributed by atoms with van der Waals surface area (Å²) in [4.78, 5) is 9.50. The first-order chi connectivity index (χ1) is 17.4. The van der Waals surface area contributed by atoms with Gasteiger partial charge in [0.25, 0.3) is 0 Å². The summed E-state index contributed by atoms with van der Waals surface area (Å²) in [5.74, 6) is 2.98. The number of rotatable bonds is 6. The van der Waals surface area contributed by atoms with E-state index in [0.29, 0.717) is 11.8 Å². The van der Waals surface area contributed by atoms with Gasteiger partial charge in [0.1, 0.15) is 24.8 Å². The van der Waals surface area contributed by atoms with Crippen LogP contribution in [0.3, 0.4) is 0 Å². The fraction of sp³-hybridized carbons (Fsp3) is 0.286. The van der Waals surface area contributed by atoms with Gasteiger partial charge in [-0.05, 0) is 35.8 Å². The lowest BCUT2D eigenvalue weighted by Crippen LogP contribution is -2.35. The van der Waals surface area contributed by atoms with Crippen molar-refractivity contribution in [3.05, 3.63) is 102 Å². The lowest BCUT2D eigenvalue weighted by Gasteiger charge is -2.05. The lowest BCUT2D eigenvalue weighted by atomic mass is 10.0. The van der Waals surface area contributed by atoms with Gasteiger partial charge in [-0.2, -0.15) is 0 Å². The number of aryl methyl sites for hydroxylation is 4. The molecule has 0 unspecified atom stereocenters. The van der Waals surface area contributed by atoms with Crippen LogP contribution in [0.2, 0.25) is 0 Å². The first-order valence-electron chi connectivity index (χ1n) is 11.8. The van der Waals surface area contributed by atoms with Gasteiger partial charge in [-0.25, -0.2) is 28.3 Å². The first-order valence-corrected chi connectivity index (χ1v) is 11.8. The van der Waals surface area contributed by atoms with Crippen LogP contribution in [0.15, 0.2) is 94.6 Å². The molecule has 4 rings (SSSR count). The van der Waals surface area contributed by atoms with Crippen molar-refractivity contribution in [1.82, 2.24) is 9.13 Å². The summed E-state index contributed by atoms with van der Waals surface area (Å²) >= 11 is 0. The third kappa shape index (κ3) is 5.54. The van der Waals surface area contributed by atoms with E-state index < -0.39 is 0 Å². The van der Waals surface area contributed by atoms with Crippen molar-refractivity contribution >= 4 is 17.5 Å². The highest BCUT2D eigenvalue weighted by Crippen LogP contribution is 2.20. The molecule has 0 bridgehead atoms. The van der Waals surface area contributed by atoms with Gasteiger partial charge in [0.15, 0.2) is 0 Å². The molecule has 0 saturated carbocycles. The molecule has 0 radical (unpaired) electrons. The van der Waals surface area contributed by atoms with Crippen molar-refractivity contribution in [2.45, 2.75) is 12.8 Å². The largest absolute Gasteiger partial charge is 0.475 e. The van der Waals surface area contributed by atoms with Crippen molar-refractivity contribution in [1.29, 1.82) is 0 Å². The zero-order chi connectivity index (χ0) is 25.7. The molecule has 1 aromatic carbocycles. The molecule has 2 heterocycles. The third-order valence-corrected chi connectivity index (χ3v) is 6.10. The van der Waals surface area contributed by atoms with Crippen LogP contribution in [-0.4, -0.2) is 35.1 Å². The topological polar surface area (TPSA) is 60.8 Å². The summed E-state index contributed by atoms with van der Waals surface area (Å²) in [6, 6.07) is 8.26. The van der Waals surface area contributed by atoms with E-state index in [4.69, 9.17) is 19.5 Å². The molecule has 0 saturated heterocycles. The molecule has 3 aromatic rings. The Hall–Kier alpha value is -4.20. The van der Waals surface area contributed by atoms with Crippen molar-refractivity contribution < 1.29 is 18.6 Å². The van der Waals surface area contributed by atoms with Crippen molar-refractivity contribution in [3.8, 4) is 0 Å². The zero-order valence-electron chi connectivity index (χ0n) is 21.8. The quantitative estimate of drug-likeness (QED) is 0.305. The number of ether oxygens (including phenoxy) is 2. The Labute approximate surface area is 212 Å². The number of methoxy groups -OCH3 is 2. The van der Waals surface area contributed by atoms with Crippen LogP contribution >= 0.6 is 0 Å². The summed E-state index contributed by atoms with van der Waals surface area (Å²) < 4.78 is 19.2. The lowest BCUT2D eigenvalue weighted by molar-refractivity contribution is -0.672. The van der Waals surface area contributed by atoms with E-state index in [0.717, 1.165) is 35.9 Å². The van der Waals surface area contributed by atoms with Crippen LogP contribution in [0.25, 0.3) is 0 Å². The average molecular weight is 487 g/mol. The predicted molar refractivity (Wildman–Crippen MR) is 140 cm³/mol. The maximum Gasteiger partial charge on any atom is 0.344 e. The Morgan fingerprint density at radius 1 is 0.861 bits per heavy atom. The highest BCUT2D eigenvalue weighted by atomic mass is 16.5. The Morgan fingerprint density at radius 3 is 1.97 bits per heavy atom. The predicted octanol–water partition coefficient (Wildman–Crippen LogP) is 3.14. The van der Waals surface area contributed by atoms with E-state index in [1.54, 1.807) is 14.2 Å². The summed E-state index contributed by atoms with van der Waals surface area (Å²) in [5, 5.41) is 0. The standard InChI is InChI=1S/C28H34N6O2/c1-31-16-17-32(2)27(31)25(35-5)29-23-9-7-8-21(10-13-23)20-22-11-14-24(15-12-22)30-26(36-6)28-33(3)18-19-34(28)4/h7-8,10-19H,9,20H2,1-6H3/q+2. The molecule has 186 valence electrons. The van der Waals surface area contributed by atoms with Crippen LogP contribution in [0.1, 0.15) is 23.6 Å². The SMILES string of the molecule is COC(=NC1=CC=C(Cc2ccc(N=C(OC)c3n(C)cc[n+]3C)cc2)C=CC1)c1n(C)cc[n+]1C. The van der Waals surface area contributed by atoms with Gasteiger partial charge in [0.2, 0.25) is 0 Å². The molecule has 8 heteroatoms. The molecule has 0 fully saturated rings. The maximum absolute atomic E-state index is 5.61. The molecular formula is C28H34N6O2+2. The van der Waals surface area contributed by atoms with Gasteiger partial charge in [-0.3, -0.25) is 0 Å². The van der Waals surface area contributed by atoms with Crippen LogP contribution in [0, 0.1) is 0 Å². The van der Waals surface area contributed by atoms with Gasteiger partial charge in [0, 0.05) is 12.1 Å². The maximum atomic E-state index is 5.61. The highest BCUT2D eigenvalue weighted by Gasteiger charge is 2.21. The van der Waals surface area contributed by atoms with E-state index in [2.05, 4.69) is 36.4 Å². The molecule has 2 aromatic heterocycles. The highest BCUT2D eigenvalue weighted by molar-refractivity contribution is 5.91. The van der Waals surface area contributed by atoms with E-state index in [1.165, 1.54) is 11.1 Å². The molecule has 0 atom stereocenters. The minimum Gasteiger partial charge on any atom is -0.475 e. The Morgan fingerprint density at radius 2 is 1.44 bits per heavy atom. The molecule has 0 aliphatic heterocycles. The monoisotopic (exact) mass is 486 g/mol. The first kappa shape index (κ1) is 24.9. The fourth-order valence-corrected chi connectivity index (χ4v) is 4.19. The molecule has 1 aliphatic rings. The smallest absolute Gasteiger partial charge is 0.344 e. The number of imidazole rings is 2. The number of allylic oxidation sites excluding steroid dienone is 5. The van der Waals surface area contributed by atoms with E-state index in [1.807, 2.05) is 83.4 Å². The van der Waals surface area contributed by atoms with Crippen LogP contribution < -0.4 is 9.13 Å². The van der Waals surface area contributed by atoms with Gasteiger partial charge < -0.3 is 9.47 Å². The molecule has 36 heavy (non-hydrogen) atoms. The number of hydrogen-bond donors (Lipinski definition) is 0.